The molecule has 0 N–H and O–H groups in total. The van der Waals surface area contributed by atoms with Gasteiger partial charge in [0.2, 0.25) is 0 Å². The molecule has 0 amide bonds. The summed E-state index contributed by atoms with van der Waals surface area (Å²) >= 11 is 3.18. The highest BCUT2D eigenvalue weighted by atomic mass is 32.1. The van der Waals surface area contributed by atoms with E-state index in [1.165, 1.54) is 5.56 Å². The molecule has 0 aliphatic heterocycles. The van der Waals surface area contributed by atoms with E-state index in [2.05, 4.69) is 22.5 Å². The highest BCUT2D eigenvalue weighted by Crippen LogP contribution is 2.26. The monoisotopic (exact) mass is 421 g/mol. The van der Waals surface area contributed by atoms with Crippen LogP contribution in [-0.2, 0) is 22.6 Å². The van der Waals surface area contributed by atoms with Crippen molar-refractivity contribution < 1.29 is 14.3 Å². The fraction of sp³-hybridized carbons (Fsp3) is 0.130. The summed E-state index contributed by atoms with van der Waals surface area (Å²) in [6.45, 7) is 0.0157. The lowest BCUT2D eigenvalue weighted by Gasteiger charge is -2.11. The van der Waals surface area contributed by atoms with Gasteiger partial charge in [0, 0.05) is 22.7 Å². The van der Waals surface area contributed by atoms with E-state index in [4.69, 9.17) is 9.47 Å². The quantitative estimate of drug-likeness (QED) is 0.348. The van der Waals surface area contributed by atoms with E-state index in [1.54, 1.807) is 22.7 Å². The highest BCUT2D eigenvalue weighted by Gasteiger charge is 2.11. The SMILES string of the molecule is O=C(COc1ccccc1Cc1ccccc1)OCc1csc(-c2ccsc2)n1. The first-order chi connectivity index (χ1) is 14.3. The molecule has 0 bridgehead atoms. The van der Waals surface area contributed by atoms with Gasteiger partial charge in [-0.25, -0.2) is 9.78 Å². The smallest absolute Gasteiger partial charge is 0.344 e. The average molecular weight is 422 g/mol. The lowest BCUT2D eigenvalue weighted by Crippen LogP contribution is -2.15. The second-order valence-corrected chi connectivity index (χ2v) is 8.01. The number of carbonyl (C=O) groups excluding carboxylic acids is 1. The topological polar surface area (TPSA) is 48.4 Å². The van der Waals surface area contributed by atoms with Gasteiger partial charge in [-0.05, 0) is 28.6 Å². The second kappa shape index (κ2) is 9.49. The number of nitrogens with zero attached hydrogens (tertiary/aromatic N) is 1. The Morgan fingerprint density at radius 1 is 0.966 bits per heavy atom. The molecule has 0 fully saturated rings. The third kappa shape index (κ3) is 5.31. The molecule has 0 spiro atoms. The van der Waals surface area contributed by atoms with Crippen LogP contribution in [0.2, 0.25) is 0 Å². The third-order valence-electron chi connectivity index (χ3n) is 4.26. The number of rotatable bonds is 8. The zero-order valence-corrected chi connectivity index (χ0v) is 17.2. The van der Waals surface area contributed by atoms with E-state index >= 15 is 0 Å². The number of ether oxygens (including phenoxy) is 2. The Morgan fingerprint density at radius 3 is 2.62 bits per heavy atom. The van der Waals surface area contributed by atoms with Crippen LogP contribution in [0.4, 0.5) is 0 Å². The predicted molar refractivity (Wildman–Crippen MR) is 116 cm³/mol. The van der Waals surface area contributed by atoms with Gasteiger partial charge in [-0.2, -0.15) is 11.3 Å². The summed E-state index contributed by atoms with van der Waals surface area (Å²) in [6, 6.07) is 19.9. The van der Waals surface area contributed by atoms with Crippen LogP contribution in [0.25, 0.3) is 10.6 Å². The number of thiophene rings is 1. The van der Waals surface area contributed by atoms with E-state index in [0.717, 1.165) is 28.2 Å². The first-order valence-corrected chi connectivity index (χ1v) is 11.0. The molecule has 2 aromatic heterocycles. The number of carbonyl (C=O) groups is 1. The lowest BCUT2D eigenvalue weighted by molar-refractivity contribution is -0.147. The number of benzene rings is 2. The Kier molecular flexibility index (Phi) is 6.34. The van der Waals surface area contributed by atoms with Crippen LogP contribution in [-0.4, -0.2) is 17.6 Å². The summed E-state index contributed by atoms with van der Waals surface area (Å²) in [5, 5.41) is 6.91. The maximum atomic E-state index is 12.1. The van der Waals surface area contributed by atoms with Crippen LogP contribution in [0.3, 0.4) is 0 Å². The Morgan fingerprint density at radius 2 is 1.79 bits per heavy atom. The molecule has 4 aromatic rings. The number of para-hydroxylation sites is 1. The molecule has 4 rings (SSSR count). The molecule has 0 aliphatic carbocycles. The van der Waals surface area contributed by atoms with Crippen molar-refractivity contribution in [1.29, 1.82) is 0 Å². The fourth-order valence-electron chi connectivity index (χ4n) is 2.83. The number of hydrogen-bond donors (Lipinski definition) is 0. The van der Waals surface area contributed by atoms with Crippen molar-refractivity contribution >= 4 is 28.6 Å². The normalized spacial score (nSPS) is 10.6. The minimum atomic E-state index is -0.412. The molecule has 4 nitrogen and oxygen atoms in total. The summed E-state index contributed by atoms with van der Waals surface area (Å²) in [5.41, 5.74) is 4.06. The van der Waals surface area contributed by atoms with Crippen molar-refractivity contribution in [2.24, 2.45) is 0 Å². The van der Waals surface area contributed by atoms with Crippen LogP contribution in [0, 0.1) is 0 Å². The second-order valence-electron chi connectivity index (χ2n) is 6.38. The molecule has 0 saturated carbocycles. The van der Waals surface area contributed by atoms with Crippen molar-refractivity contribution in [2.45, 2.75) is 13.0 Å². The molecule has 29 heavy (non-hydrogen) atoms. The van der Waals surface area contributed by atoms with E-state index in [1.807, 2.05) is 59.3 Å². The third-order valence-corrected chi connectivity index (χ3v) is 5.88. The van der Waals surface area contributed by atoms with E-state index in [-0.39, 0.29) is 13.2 Å². The molecular weight excluding hydrogens is 402 g/mol. The summed E-state index contributed by atoms with van der Waals surface area (Å²) in [5.74, 6) is 0.284. The predicted octanol–water partition coefficient (Wildman–Crippen LogP) is 5.58. The Bertz CT molecular complexity index is 1060. The Hall–Kier alpha value is -2.96. The standard InChI is InChI=1S/C23H19NO3S2/c25-22(27-13-20-16-29-23(24-20)19-10-11-28-15-19)14-26-21-9-5-4-8-18(21)12-17-6-2-1-3-7-17/h1-11,15-16H,12-14H2. The summed E-state index contributed by atoms with van der Waals surface area (Å²) in [7, 11) is 0. The van der Waals surface area contributed by atoms with Crippen molar-refractivity contribution in [3.05, 3.63) is 93.6 Å². The van der Waals surface area contributed by atoms with Crippen molar-refractivity contribution in [3.8, 4) is 16.3 Å². The van der Waals surface area contributed by atoms with E-state index in [9.17, 15) is 4.79 Å². The lowest BCUT2D eigenvalue weighted by atomic mass is 10.0. The molecule has 146 valence electrons. The minimum absolute atomic E-state index is 0.132. The van der Waals surface area contributed by atoms with Crippen LogP contribution in [0.5, 0.6) is 5.75 Å². The van der Waals surface area contributed by atoms with Gasteiger partial charge in [-0.15, -0.1) is 11.3 Å². The van der Waals surface area contributed by atoms with Crippen LogP contribution in [0.15, 0.2) is 76.8 Å². The molecular formula is C23H19NO3S2. The molecule has 6 heteroatoms. The van der Waals surface area contributed by atoms with Crippen molar-refractivity contribution in [2.75, 3.05) is 6.61 Å². The molecule has 0 saturated heterocycles. The molecule has 0 radical (unpaired) electrons. The number of aromatic nitrogens is 1. The molecule has 0 aliphatic rings. The van der Waals surface area contributed by atoms with Crippen molar-refractivity contribution in [1.82, 2.24) is 4.98 Å². The van der Waals surface area contributed by atoms with Gasteiger partial charge in [0.15, 0.2) is 6.61 Å². The minimum Gasteiger partial charge on any atom is -0.482 e. The first kappa shape index (κ1) is 19.4. The van der Waals surface area contributed by atoms with Gasteiger partial charge in [0.1, 0.15) is 17.4 Å². The van der Waals surface area contributed by atoms with E-state index in [0.29, 0.717) is 5.75 Å². The first-order valence-electron chi connectivity index (χ1n) is 9.15. The average Bonchev–Trinajstić information content (AvgIpc) is 3.44. The number of thiazole rings is 1. The molecule has 0 unspecified atom stereocenters. The zero-order valence-electron chi connectivity index (χ0n) is 15.6. The van der Waals surface area contributed by atoms with Gasteiger partial charge in [-0.3, -0.25) is 0 Å². The Balaban J connectivity index is 1.30. The van der Waals surface area contributed by atoms with Gasteiger partial charge in [0.05, 0.1) is 5.69 Å². The Labute approximate surface area is 177 Å². The maximum absolute atomic E-state index is 12.1. The van der Waals surface area contributed by atoms with Crippen LogP contribution in [0.1, 0.15) is 16.8 Å². The summed E-state index contributed by atoms with van der Waals surface area (Å²) in [6.07, 6.45) is 0.746. The van der Waals surface area contributed by atoms with Gasteiger partial charge < -0.3 is 9.47 Å². The van der Waals surface area contributed by atoms with E-state index < -0.39 is 5.97 Å². The molecule has 2 heterocycles. The van der Waals surface area contributed by atoms with Crippen LogP contribution < -0.4 is 4.74 Å². The van der Waals surface area contributed by atoms with Gasteiger partial charge in [0.25, 0.3) is 0 Å². The highest BCUT2D eigenvalue weighted by molar-refractivity contribution is 7.14. The summed E-state index contributed by atoms with van der Waals surface area (Å²) < 4.78 is 11.1. The number of hydrogen-bond acceptors (Lipinski definition) is 6. The molecule has 0 atom stereocenters. The van der Waals surface area contributed by atoms with Crippen LogP contribution >= 0.6 is 22.7 Å². The zero-order chi connectivity index (χ0) is 19.9. The van der Waals surface area contributed by atoms with Crippen molar-refractivity contribution in [3.63, 3.8) is 0 Å². The fourth-order valence-corrected chi connectivity index (χ4v) is 4.35. The molecule has 2 aromatic carbocycles. The summed E-state index contributed by atoms with van der Waals surface area (Å²) in [4.78, 5) is 16.6. The van der Waals surface area contributed by atoms with Gasteiger partial charge in [-0.1, -0.05) is 48.5 Å². The maximum Gasteiger partial charge on any atom is 0.344 e. The largest absolute Gasteiger partial charge is 0.482 e. The van der Waals surface area contributed by atoms with Gasteiger partial charge >= 0.3 is 5.97 Å². The number of esters is 1.